The third kappa shape index (κ3) is 3.07. The number of ether oxygens (including phenoxy) is 1. The number of nitrogens with one attached hydrogen (secondary N) is 1. The number of rotatable bonds is 4. The number of aromatic carboxylic acids is 1. The monoisotopic (exact) mass is 249 g/mol. The van der Waals surface area contributed by atoms with Crippen molar-refractivity contribution in [1.29, 1.82) is 0 Å². The number of carbonyl (C=O) groups is 2. The van der Waals surface area contributed by atoms with Crippen LogP contribution in [-0.2, 0) is 4.74 Å². The highest BCUT2D eigenvalue weighted by Crippen LogP contribution is 2.11. The molecule has 0 aliphatic carbocycles. The van der Waals surface area contributed by atoms with Crippen LogP contribution in [0.1, 0.15) is 33.6 Å². The Morgan fingerprint density at radius 1 is 1.39 bits per heavy atom. The van der Waals surface area contributed by atoms with E-state index >= 15 is 0 Å². The molecular formula is C13H15NO4. The summed E-state index contributed by atoms with van der Waals surface area (Å²) in [5, 5.41) is 11.6. The molecule has 0 saturated carbocycles. The lowest BCUT2D eigenvalue weighted by atomic mass is 10.1. The van der Waals surface area contributed by atoms with Gasteiger partial charge in [-0.25, -0.2) is 4.79 Å². The minimum Gasteiger partial charge on any atom is -0.478 e. The highest BCUT2D eigenvalue weighted by molar-refractivity contribution is 5.97. The Morgan fingerprint density at radius 2 is 2.17 bits per heavy atom. The largest absolute Gasteiger partial charge is 0.478 e. The second kappa shape index (κ2) is 5.64. The van der Waals surface area contributed by atoms with E-state index < -0.39 is 5.97 Å². The van der Waals surface area contributed by atoms with Crippen LogP contribution in [0.5, 0.6) is 0 Å². The van der Waals surface area contributed by atoms with Crippen molar-refractivity contribution in [2.45, 2.75) is 18.9 Å². The average Bonchev–Trinajstić information content (AvgIpc) is 2.89. The van der Waals surface area contributed by atoms with Crippen LogP contribution >= 0.6 is 0 Å². The molecule has 5 heteroatoms. The fraction of sp³-hybridized carbons (Fsp3) is 0.385. The molecule has 1 aromatic rings. The summed E-state index contributed by atoms with van der Waals surface area (Å²) < 4.78 is 5.39. The molecule has 0 bridgehead atoms. The van der Waals surface area contributed by atoms with Crippen molar-refractivity contribution < 1.29 is 19.4 Å². The van der Waals surface area contributed by atoms with Gasteiger partial charge in [0.1, 0.15) is 0 Å². The molecule has 0 radical (unpaired) electrons. The van der Waals surface area contributed by atoms with Gasteiger partial charge in [-0.3, -0.25) is 4.79 Å². The van der Waals surface area contributed by atoms with Gasteiger partial charge in [0.25, 0.3) is 5.91 Å². The molecule has 1 aliphatic rings. The standard InChI is InChI=1S/C13H15NO4/c15-12(14-8-11-5-2-6-18-11)9-3-1-4-10(7-9)13(16)17/h1,3-4,7,11H,2,5-6,8H2,(H,14,15)(H,16,17). The van der Waals surface area contributed by atoms with Crippen LogP contribution in [0, 0.1) is 0 Å². The topological polar surface area (TPSA) is 75.6 Å². The fourth-order valence-electron chi connectivity index (χ4n) is 1.91. The lowest BCUT2D eigenvalue weighted by Crippen LogP contribution is -2.31. The zero-order valence-electron chi connectivity index (χ0n) is 9.89. The molecule has 1 aliphatic heterocycles. The molecule has 1 amide bonds. The predicted octanol–water partition coefficient (Wildman–Crippen LogP) is 1.29. The summed E-state index contributed by atoms with van der Waals surface area (Å²) in [6.45, 7) is 1.21. The Bertz CT molecular complexity index is 452. The Kier molecular flexibility index (Phi) is 3.94. The van der Waals surface area contributed by atoms with Crippen molar-refractivity contribution in [3.63, 3.8) is 0 Å². The minimum atomic E-state index is -1.04. The Morgan fingerprint density at radius 3 is 2.83 bits per heavy atom. The lowest BCUT2D eigenvalue weighted by Gasteiger charge is -2.10. The summed E-state index contributed by atoms with van der Waals surface area (Å²) in [6, 6.07) is 5.98. The van der Waals surface area contributed by atoms with Gasteiger partial charge in [0.2, 0.25) is 0 Å². The normalized spacial score (nSPS) is 18.6. The number of carboxylic acids is 1. The number of carbonyl (C=O) groups excluding carboxylic acids is 1. The molecule has 1 aromatic carbocycles. The smallest absolute Gasteiger partial charge is 0.335 e. The number of hydrogen-bond donors (Lipinski definition) is 2. The van der Waals surface area contributed by atoms with Gasteiger partial charge in [-0.1, -0.05) is 6.07 Å². The first-order valence-electron chi connectivity index (χ1n) is 5.90. The molecule has 2 N–H and O–H groups in total. The molecule has 0 aromatic heterocycles. The van der Waals surface area contributed by atoms with E-state index in [1.54, 1.807) is 12.1 Å². The van der Waals surface area contributed by atoms with Crippen molar-refractivity contribution in [3.8, 4) is 0 Å². The Labute approximate surface area is 105 Å². The summed E-state index contributed by atoms with van der Waals surface area (Å²) in [5.41, 5.74) is 0.465. The SMILES string of the molecule is O=C(O)c1cccc(C(=O)NCC2CCCO2)c1. The van der Waals surface area contributed by atoms with Crippen molar-refractivity contribution >= 4 is 11.9 Å². The van der Waals surface area contributed by atoms with Gasteiger partial charge < -0.3 is 15.2 Å². The summed E-state index contributed by atoms with van der Waals surface area (Å²) in [7, 11) is 0. The molecule has 1 heterocycles. The van der Waals surface area contributed by atoms with Crippen molar-refractivity contribution in [2.75, 3.05) is 13.2 Å². The second-order valence-corrected chi connectivity index (χ2v) is 4.23. The van der Waals surface area contributed by atoms with Crippen LogP contribution in [0.4, 0.5) is 0 Å². The summed E-state index contributed by atoms with van der Waals surface area (Å²) in [6.07, 6.45) is 2.06. The first-order valence-corrected chi connectivity index (χ1v) is 5.90. The summed E-state index contributed by atoms with van der Waals surface area (Å²) in [4.78, 5) is 22.6. The maximum Gasteiger partial charge on any atom is 0.335 e. The van der Waals surface area contributed by atoms with Gasteiger partial charge in [-0.05, 0) is 31.0 Å². The molecule has 1 saturated heterocycles. The third-order valence-electron chi connectivity index (χ3n) is 2.89. The van der Waals surface area contributed by atoms with E-state index in [1.807, 2.05) is 0 Å². The Balaban J connectivity index is 1.95. The van der Waals surface area contributed by atoms with Crippen LogP contribution in [0.3, 0.4) is 0 Å². The maximum atomic E-state index is 11.8. The third-order valence-corrected chi connectivity index (χ3v) is 2.89. The molecule has 2 rings (SSSR count). The molecule has 96 valence electrons. The van der Waals surface area contributed by atoms with E-state index in [1.165, 1.54) is 12.1 Å². The fourth-order valence-corrected chi connectivity index (χ4v) is 1.91. The van der Waals surface area contributed by atoms with Gasteiger partial charge in [-0.15, -0.1) is 0 Å². The highest BCUT2D eigenvalue weighted by atomic mass is 16.5. The van der Waals surface area contributed by atoms with Gasteiger partial charge >= 0.3 is 5.97 Å². The van der Waals surface area contributed by atoms with E-state index in [2.05, 4.69) is 5.32 Å². The van der Waals surface area contributed by atoms with Crippen LogP contribution in [0.25, 0.3) is 0 Å². The number of benzene rings is 1. The molecule has 18 heavy (non-hydrogen) atoms. The van der Waals surface area contributed by atoms with Gasteiger partial charge in [0.05, 0.1) is 11.7 Å². The maximum absolute atomic E-state index is 11.8. The number of carboxylic acid groups (broad SMARTS) is 1. The van der Waals surface area contributed by atoms with Gasteiger partial charge in [-0.2, -0.15) is 0 Å². The second-order valence-electron chi connectivity index (χ2n) is 4.23. The molecule has 5 nitrogen and oxygen atoms in total. The van der Waals surface area contributed by atoms with Crippen LogP contribution in [0.2, 0.25) is 0 Å². The van der Waals surface area contributed by atoms with Gasteiger partial charge in [0, 0.05) is 18.7 Å². The minimum absolute atomic E-state index is 0.0802. The molecule has 0 spiro atoms. The average molecular weight is 249 g/mol. The molecule has 1 unspecified atom stereocenters. The van der Waals surface area contributed by atoms with Crippen LogP contribution in [0.15, 0.2) is 24.3 Å². The zero-order chi connectivity index (χ0) is 13.0. The highest BCUT2D eigenvalue weighted by Gasteiger charge is 2.17. The van der Waals surface area contributed by atoms with E-state index in [0.717, 1.165) is 19.4 Å². The van der Waals surface area contributed by atoms with E-state index in [9.17, 15) is 9.59 Å². The quantitative estimate of drug-likeness (QED) is 0.843. The molecule has 1 atom stereocenters. The van der Waals surface area contributed by atoms with Crippen LogP contribution < -0.4 is 5.32 Å². The lowest BCUT2D eigenvalue weighted by molar-refractivity contribution is 0.0697. The summed E-state index contributed by atoms with van der Waals surface area (Å²) >= 11 is 0. The molecule has 1 fully saturated rings. The predicted molar refractivity (Wildman–Crippen MR) is 64.7 cm³/mol. The number of amides is 1. The number of hydrogen-bond acceptors (Lipinski definition) is 3. The zero-order valence-corrected chi connectivity index (χ0v) is 9.89. The van der Waals surface area contributed by atoms with Crippen molar-refractivity contribution in [1.82, 2.24) is 5.32 Å². The summed E-state index contributed by atoms with van der Waals surface area (Å²) in [5.74, 6) is -1.31. The van der Waals surface area contributed by atoms with E-state index in [0.29, 0.717) is 12.1 Å². The van der Waals surface area contributed by atoms with Crippen molar-refractivity contribution in [2.24, 2.45) is 0 Å². The first-order chi connectivity index (χ1) is 8.66. The van der Waals surface area contributed by atoms with Crippen LogP contribution in [-0.4, -0.2) is 36.2 Å². The van der Waals surface area contributed by atoms with E-state index in [-0.39, 0.29) is 17.6 Å². The van der Waals surface area contributed by atoms with E-state index in [4.69, 9.17) is 9.84 Å². The Hall–Kier alpha value is -1.88. The van der Waals surface area contributed by atoms with Gasteiger partial charge in [0.15, 0.2) is 0 Å². The van der Waals surface area contributed by atoms with Crippen molar-refractivity contribution in [3.05, 3.63) is 35.4 Å². The first kappa shape index (κ1) is 12.6. The molecular weight excluding hydrogens is 234 g/mol.